The van der Waals surface area contributed by atoms with E-state index in [4.69, 9.17) is 0 Å². The molecule has 0 saturated carbocycles. The molecule has 12 heavy (non-hydrogen) atoms. The Hall–Kier alpha value is 0.623. The van der Waals surface area contributed by atoms with Crippen LogP contribution in [0.25, 0.3) is 0 Å². The van der Waals surface area contributed by atoms with Gasteiger partial charge in [0.15, 0.2) is 0 Å². The normalized spacial score (nSPS) is 9.83. The van der Waals surface area contributed by atoms with Gasteiger partial charge in [-0.2, -0.15) is 0 Å². The number of rotatable bonds is 9. The molecule has 70 valence electrons. The van der Waals surface area contributed by atoms with Crippen LogP contribution in [0, 0.1) is 0 Å². The van der Waals surface area contributed by atoms with Crippen LogP contribution in [0.15, 0.2) is 0 Å². The monoisotopic (exact) mass is 220 g/mol. The van der Waals surface area contributed by atoms with E-state index in [0.29, 0.717) is 0 Å². The van der Waals surface area contributed by atoms with E-state index in [2.05, 4.69) is 13.8 Å². The average molecular weight is 222 g/mol. The summed E-state index contributed by atoms with van der Waals surface area (Å²) in [6.45, 7) is 4.65. The van der Waals surface area contributed by atoms with Gasteiger partial charge in [0.05, 0.1) is 0 Å². The third-order valence-corrected chi connectivity index (χ3v) is 6.04. The minimum atomic E-state index is 0.00629. The average Bonchev–Trinajstić information content (AvgIpc) is 2.10. The van der Waals surface area contributed by atoms with Gasteiger partial charge in [0, 0.05) is 0 Å². The Bertz CT molecular complexity index is 61.4. The molecule has 0 spiro atoms. The van der Waals surface area contributed by atoms with Crippen molar-refractivity contribution in [3.63, 3.8) is 0 Å². The Kier molecular flexibility index (Phi) is 12.2. The van der Waals surface area contributed by atoms with E-state index in [0.717, 1.165) is 0 Å². The molecule has 0 amide bonds. The van der Waals surface area contributed by atoms with Crippen LogP contribution in [0.2, 0.25) is 10.0 Å². The molecular weight excluding hydrogens is 198 g/mol. The van der Waals surface area contributed by atoms with Gasteiger partial charge >= 0.3 is 86.0 Å². The molecule has 0 unspecified atom stereocenters. The fraction of sp³-hybridized carbons (Fsp3) is 1.00. The van der Waals surface area contributed by atoms with Gasteiger partial charge in [-0.1, -0.05) is 0 Å². The van der Waals surface area contributed by atoms with Gasteiger partial charge in [-0.3, -0.25) is 0 Å². The quantitative estimate of drug-likeness (QED) is 0.392. The zero-order valence-corrected chi connectivity index (χ0v) is 12.0. The molecule has 0 saturated heterocycles. The SMILES string of the molecule is CCCCCCCC[CH2][Zn][CH2]C. The van der Waals surface area contributed by atoms with Gasteiger partial charge in [0.2, 0.25) is 0 Å². The molecular formula is C11H24Zn. The topological polar surface area (TPSA) is 0 Å². The van der Waals surface area contributed by atoms with Crippen LogP contribution >= 0.6 is 0 Å². The molecule has 0 aromatic heterocycles. The first-order valence-electron chi connectivity index (χ1n) is 5.91. The Labute approximate surface area is 86.1 Å². The second-order valence-corrected chi connectivity index (χ2v) is 8.89. The molecule has 0 heterocycles. The molecule has 0 bridgehead atoms. The molecule has 1 heteroatoms. The first-order valence-corrected chi connectivity index (χ1v) is 10.1. The van der Waals surface area contributed by atoms with Crippen LogP contribution in [0.4, 0.5) is 0 Å². The Morgan fingerprint density at radius 1 is 0.750 bits per heavy atom. The Morgan fingerprint density at radius 3 is 1.92 bits per heavy atom. The summed E-state index contributed by atoms with van der Waals surface area (Å²) in [5.74, 6) is 0. The standard InChI is InChI=1S/C9H19.C2H5.Zn/c1-3-5-7-9-8-6-4-2;1-2;/h1,3-9H2,2H3;1H2,2H3;. The number of hydrogen-bond acceptors (Lipinski definition) is 0. The predicted molar refractivity (Wildman–Crippen MR) is 53.3 cm³/mol. The van der Waals surface area contributed by atoms with Crippen molar-refractivity contribution in [1.82, 2.24) is 0 Å². The Morgan fingerprint density at radius 2 is 1.33 bits per heavy atom. The van der Waals surface area contributed by atoms with E-state index < -0.39 is 0 Å². The van der Waals surface area contributed by atoms with E-state index >= 15 is 0 Å². The molecule has 0 aliphatic heterocycles. The minimum absolute atomic E-state index is 0.00629. The summed E-state index contributed by atoms with van der Waals surface area (Å²) in [4.78, 5) is 0. The van der Waals surface area contributed by atoms with Crippen LogP contribution in [-0.2, 0) is 17.1 Å². The van der Waals surface area contributed by atoms with Gasteiger partial charge in [-0.25, -0.2) is 0 Å². The maximum atomic E-state index is 2.36. The molecule has 0 aromatic rings. The van der Waals surface area contributed by atoms with Gasteiger partial charge in [-0.05, 0) is 0 Å². The van der Waals surface area contributed by atoms with E-state index in [1.54, 1.807) is 16.5 Å². The number of hydrogen-bond donors (Lipinski definition) is 0. The summed E-state index contributed by atoms with van der Waals surface area (Å²) in [6, 6.07) is 0. The van der Waals surface area contributed by atoms with Crippen molar-refractivity contribution in [3.05, 3.63) is 0 Å². The molecule has 0 nitrogen and oxygen atoms in total. The van der Waals surface area contributed by atoms with Crippen molar-refractivity contribution < 1.29 is 17.1 Å². The third-order valence-electron chi connectivity index (χ3n) is 2.46. The summed E-state index contributed by atoms with van der Waals surface area (Å²) < 4.78 is 0. The summed E-state index contributed by atoms with van der Waals surface area (Å²) in [5, 5.41) is 3.21. The maximum absolute atomic E-state index is 2.36. The van der Waals surface area contributed by atoms with E-state index in [1.165, 1.54) is 38.5 Å². The Balaban J connectivity index is 2.73. The molecule has 0 rings (SSSR count). The summed E-state index contributed by atoms with van der Waals surface area (Å²) in [7, 11) is 0. The zero-order valence-electron chi connectivity index (χ0n) is 9.07. The fourth-order valence-electron chi connectivity index (χ4n) is 1.56. The van der Waals surface area contributed by atoms with E-state index in [-0.39, 0.29) is 17.1 Å². The molecule has 0 aliphatic rings. The van der Waals surface area contributed by atoms with Crippen LogP contribution in [0.1, 0.15) is 58.8 Å². The first kappa shape index (κ1) is 12.6. The van der Waals surface area contributed by atoms with Crippen molar-refractivity contribution in [2.75, 3.05) is 0 Å². The first-order chi connectivity index (χ1) is 5.91. The van der Waals surface area contributed by atoms with Crippen LogP contribution < -0.4 is 0 Å². The van der Waals surface area contributed by atoms with Crippen LogP contribution in [0.3, 0.4) is 0 Å². The van der Waals surface area contributed by atoms with Crippen molar-refractivity contribution in [2.45, 2.75) is 68.8 Å². The molecule has 0 atom stereocenters. The van der Waals surface area contributed by atoms with Crippen LogP contribution in [-0.4, -0.2) is 0 Å². The van der Waals surface area contributed by atoms with Crippen molar-refractivity contribution in [3.8, 4) is 0 Å². The van der Waals surface area contributed by atoms with Gasteiger partial charge < -0.3 is 0 Å². The van der Waals surface area contributed by atoms with Crippen molar-refractivity contribution in [1.29, 1.82) is 0 Å². The van der Waals surface area contributed by atoms with Crippen LogP contribution in [0.5, 0.6) is 0 Å². The van der Waals surface area contributed by atoms with Gasteiger partial charge in [0.25, 0.3) is 0 Å². The second-order valence-electron chi connectivity index (χ2n) is 3.83. The van der Waals surface area contributed by atoms with Crippen molar-refractivity contribution >= 4 is 0 Å². The molecule has 0 N–H and O–H groups in total. The van der Waals surface area contributed by atoms with Gasteiger partial charge in [-0.15, -0.1) is 0 Å². The summed E-state index contributed by atoms with van der Waals surface area (Å²) >= 11 is 0.00629. The van der Waals surface area contributed by atoms with Crippen molar-refractivity contribution in [2.24, 2.45) is 0 Å². The number of unbranched alkanes of at least 4 members (excludes halogenated alkanes) is 6. The second kappa shape index (κ2) is 11.6. The van der Waals surface area contributed by atoms with Gasteiger partial charge in [0.1, 0.15) is 0 Å². The molecule has 0 aliphatic carbocycles. The predicted octanol–water partition coefficient (Wildman–Crippen LogP) is 4.68. The summed E-state index contributed by atoms with van der Waals surface area (Å²) in [5.41, 5.74) is 0. The zero-order chi connectivity index (χ0) is 9.07. The molecule has 0 radical (unpaired) electrons. The summed E-state index contributed by atoms with van der Waals surface area (Å²) in [6.07, 6.45) is 10.4. The molecule has 0 fully saturated rings. The molecule has 0 aromatic carbocycles. The third kappa shape index (κ3) is 10.6. The van der Waals surface area contributed by atoms with E-state index in [9.17, 15) is 0 Å². The fourth-order valence-corrected chi connectivity index (χ4v) is 4.09. The van der Waals surface area contributed by atoms with E-state index in [1.807, 2.05) is 0 Å².